The fraction of sp³-hybridized carbons (Fsp3) is 0.478. The van der Waals surface area contributed by atoms with E-state index in [-0.39, 0.29) is 6.04 Å². The average molecular weight is 396 g/mol. The van der Waals surface area contributed by atoms with Gasteiger partial charge in [0.15, 0.2) is 5.96 Å². The number of hydrogen-bond donors (Lipinski definition) is 2. The average Bonchev–Trinajstić information content (AvgIpc) is 3.28. The van der Waals surface area contributed by atoms with Gasteiger partial charge in [-0.2, -0.15) is 0 Å². The summed E-state index contributed by atoms with van der Waals surface area (Å²) in [6.45, 7) is 10.4. The van der Waals surface area contributed by atoms with E-state index in [1.165, 1.54) is 24.1 Å². The Labute approximate surface area is 174 Å². The first-order chi connectivity index (χ1) is 14.2. The van der Waals surface area contributed by atoms with E-state index in [2.05, 4.69) is 58.6 Å². The van der Waals surface area contributed by atoms with Crippen molar-refractivity contribution in [3.63, 3.8) is 0 Å². The van der Waals surface area contributed by atoms with Gasteiger partial charge in [-0.15, -0.1) is 0 Å². The van der Waals surface area contributed by atoms with E-state index in [9.17, 15) is 0 Å². The Balaban J connectivity index is 1.70. The molecule has 29 heavy (non-hydrogen) atoms. The van der Waals surface area contributed by atoms with Crippen LogP contribution in [0, 0.1) is 0 Å². The molecule has 1 aliphatic rings. The maximum Gasteiger partial charge on any atom is 0.218 e. The van der Waals surface area contributed by atoms with Crippen LogP contribution in [0.3, 0.4) is 0 Å². The fourth-order valence-corrected chi connectivity index (χ4v) is 3.55. The fourth-order valence-electron chi connectivity index (χ4n) is 3.55. The van der Waals surface area contributed by atoms with Crippen LogP contribution in [0.4, 0.5) is 5.69 Å². The van der Waals surface area contributed by atoms with Crippen LogP contribution in [0.1, 0.15) is 50.8 Å². The lowest BCUT2D eigenvalue weighted by Crippen LogP contribution is -2.38. The Morgan fingerprint density at radius 3 is 2.79 bits per heavy atom. The van der Waals surface area contributed by atoms with Crippen molar-refractivity contribution in [1.82, 2.24) is 15.6 Å². The number of aromatic nitrogens is 1. The molecule has 1 unspecified atom stereocenters. The molecule has 156 valence electrons. The molecule has 1 aromatic carbocycles. The molecule has 3 rings (SSSR count). The lowest BCUT2D eigenvalue weighted by Gasteiger charge is -2.22. The number of ether oxygens (including phenoxy) is 1. The van der Waals surface area contributed by atoms with E-state index in [1.807, 2.05) is 19.1 Å². The van der Waals surface area contributed by atoms with Gasteiger partial charge >= 0.3 is 0 Å². The number of guanidine groups is 1. The van der Waals surface area contributed by atoms with Crippen LogP contribution < -0.4 is 20.3 Å². The summed E-state index contributed by atoms with van der Waals surface area (Å²) in [4.78, 5) is 11.5. The van der Waals surface area contributed by atoms with Crippen molar-refractivity contribution in [3.8, 4) is 5.88 Å². The van der Waals surface area contributed by atoms with Crippen LogP contribution in [-0.2, 0) is 6.54 Å². The normalized spacial score (nSPS) is 15.3. The molecule has 6 heteroatoms. The largest absolute Gasteiger partial charge is 0.478 e. The van der Waals surface area contributed by atoms with Gasteiger partial charge in [-0.3, -0.25) is 0 Å². The number of benzene rings is 1. The summed E-state index contributed by atoms with van der Waals surface area (Å²) in [7, 11) is 0. The van der Waals surface area contributed by atoms with Crippen molar-refractivity contribution in [2.24, 2.45) is 4.99 Å². The number of nitrogens with zero attached hydrogens (tertiary/aromatic N) is 3. The summed E-state index contributed by atoms with van der Waals surface area (Å²) in [6, 6.07) is 12.9. The van der Waals surface area contributed by atoms with Gasteiger partial charge in [0.2, 0.25) is 5.88 Å². The molecule has 2 aromatic rings. The van der Waals surface area contributed by atoms with Gasteiger partial charge in [0.1, 0.15) is 0 Å². The molecule has 1 aliphatic heterocycles. The van der Waals surface area contributed by atoms with Crippen molar-refractivity contribution in [2.45, 2.75) is 46.2 Å². The molecule has 0 radical (unpaired) electrons. The van der Waals surface area contributed by atoms with Gasteiger partial charge in [0.25, 0.3) is 0 Å². The van der Waals surface area contributed by atoms with Gasteiger partial charge in [-0.05, 0) is 57.4 Å². The summed E-state index contributed by atoms with van der Waals surface area (Å²) in [6.07, 6.45) is 4.32. The number of pyridine rings is 1. The molecule has 1 saturated heterocycles. The van der Waals surface area contributed by atoms with Crippen LogP contribution in [0.2, 0.25) is 0 Å². The minimum Gasteiger partial charge on any atom is -0.478 e. The van der Waals surface area contributed by atoms with Crippen molar-refractivity contribution in [2.75, 3.05) is 31.1 Å². The van der Waals surface area contributed by atoms with Crippen LogP contribution in [0.5, 0.6) is 5.88 Å². The standard InChI is InChI=1S/C23H33N5O/c1-4-24-23(26-17-20-11-9-13-25-22(20)29-5-2)27-18(3)19-10-8-12-21(16-19)28-14-6-7-15-28/h8-13,16,18H,4-7,14-15,17H2,1-3H3,(H2,24,26,27). The maximum absolute atomic E-state index is 5.62. The second-order valence-electron chi connectivity index (χ2n) is 7.25. The van der Waals surface area contributed by atoms with E-state index in [0.717, 1.165) is 31.2 Å². The monoisotopic (exact) mass is 395 g/mol. The molecule has 6 nitrogen and oxygen atoms in total. The summed E-state index contributed by atoms with van der Waals surface area (Å²) in [5.74, 6) is 1.44. The first-order valence-corrected chi connectivity index (χ1v) is 10.7. The van der Waals surface area contributed by atoms with Crippen LogP contribution in [0.15, 0.2) is 47.6 Å². The minimum atomic E-state index is 0.149. The summed E-state index contributed by atoms with van der Waals surface area (Å²) < 4.78 is 5.62. The number of nitrogens with one attached hydrogen (secondary N) is 2. The lowest BCUT2D eigenvalue weighted by molar-refractivity contribution is 0.323. The molecule has 1 fully saturated rings. The molecule has 0 aliphatic carbocycles. The first-order valence-electron chi connectivity index (χ1n) is 10.7. The predicted octanol–water partition coefficient (Wildman–Crippen LogP) is 3.90. The summed E-state index contributed by atoms with van der Waals surface area (Å²) >= 11 is 0. The topological polar surface area (TPSA) is 61.8 Å². The molecule has 2 N–H and O–H groups in total. The highest BCUT2D eigenvalue weighted by atomic mass is 16.5. The van der Waals surface area contributed by atoms with Gasteiger partial charge in [-0.1, -0.05) is 18.2 Å². The van der Waals surface area contributed by atoms with Gasteiger partial charge < -0.3 is 20.3 Å². The molecule has 1 atom stereocenters. The maximum atomic E-state index is 5.62. The Bertz CT molecular complexity index is 801. The second-order valence-corrected chi connectivity index (χ2v) is 7.25. The first kappa shape index (κ1) is 21.0. The smallest absolute Gasteiger partial charge is 0.218 e. The summed E-state index contributed by atoms with van der Waals surface area (Å²) in [5, 5.41) is 6.87. The Morgan fingerprint density at radius 2 is 2.03 bits per heavy atom. The van der Waals surface area contributed by atoms with Crippen molar-refractivity contribution < 1.29 is 4.74 Å². The highest BCUT2D eigenvalue weighted by Crippen LogP contribution is 2.24. The highest BCUT2D eigenvalue weighted by molar-refractivity contribution is 5.80. The second kappa shape index (κ2) is 10.7. The molecule has 0 amide bonds. The quantitative estimate of drug-likeness (QED) is 0.524. The third-order valence-electron chi connectivity index (χ3n) is 5.08. The van der Waals surface area contributed by atoms with Crippen LogP contribution in [-0.4, -0.2) is 37.2 Å². The lowest BCUT2D eigenvalue weighted by atomic mass is 10.1. The molecule has 2 heterocycles. The summed E-state index contributed by atoms with van der Waals surface area (Å²) in [5.41, 5.74) is 3.55. The zero-order valence-corrected chi connectivity index (χ0v) is 17.8. The SMILES string of the molecule is CCNC(=NCc1cccnc1OCC)NC(C)c1cccc(N2CCCC2)c1. The molecule has 1 aromatic heterocycles. The molecular formula is C23H33N5O. The molecular weight excluding hydrogens is 362 g/mol. The zero-order valence-electron chi connectivity index (χ0n) is 17.8. The molecule has 0 saturated carbocycles. The van der Waals surface area contributed by atoms with Gasteiger partial charge in [0, 0.05) is 37.1 Å². The third kappa shape index (κ3) is 5.86. The number of rotatable bonds is 8. The van der Waals surface area contributed by atoms with Gasteiger partial charge in [0.05, 0.1) is 19.2 Å². The van der Waals surface area contributed by atoms with E-state index < -0.39 is 0 Å². The number of anilines is 1. The van der Waals surface area contributed by atoms with Crippen molar-refractivity contribution >= 4 is 11.6 Å². The minimum absolute atomic E-state index is 0.149. The van der Waals surface area contributed by atoms with Crippen LogP contribution in [0.25, 0.3) is 0 Å². The Morgan fingerprint density at radius 1 is 1.21 bits per heavy atom. The molecule has 0 bridgehead atoms. The highest BCUT2D eigenvalue weighted by Gasteiger charge is 2.14. The zero-order chi connectivity index (χ0) is 20.5. The Kier molecular flexibility index (Phi) is 7.73. The van der Waals surface area contributed by atoms with E-state index in [0.29, 0.717) is 19.0 Å². The Hall–Kier alpha value is -2.76. The predicted molar refractivity (Wildman–Crippen MR) is 120 cm³/mol. The van der Waals surface area contributed by atoms with E-state index >= 15 is 0 Å². The van der Waals surface area contributed by atoms with Crippen molar-refractivity contribution in [3.05, 3.63) is 53.7 Å². The van der Waals surface area contributed by atoms with Crippen LogP contribution >= 0.6 is 0 Å². The van der Waals surface area contributed by atoms with Crippen molar-refractivity contribution in [1.29, 1.82) is 0 Å². The van der Waals surface area contributed by atoms with E-state index in [4.69, 9.17) is 9.73 Å². The number of hydrogen-bond acceptors (Lipinski definition) is 4. The third-order valence-corrected chi connectivity index (χ3v) is 5.08. The number of aliphatic imine (C=N–C) groups is 1. The van der Waals surface area contributed by atoms with E-state index in [1.54, 1.807) is 6.20 Å². The molecule has 0 spiro atoms. The van der Waals surface area contributed by atoms with Gasteiger partial charge in [-0.25, -0.2) is 9.98 Å².